The molecule has 4 heteroatoms. The number of hydrogen-bond acceptors (Lipinski definition) is 3. The number of fused-ring (bicyclic) bond motifs is 1. The van der Waals surface area contributed by atoms with Gasteiger partial charge in [0.15, 0.2) is 0 Å². The minimum Gasteiger partial charge on any atom is -0.497 e. The van der Waals surface area contributed by atoms with Crippen molar-refractivity contribution in [3.8, 4) is 5.75 Å². The highest BCUT2D eigenvalue weighted by molar-refractivity contribution is 5.88. The summed E-state index contributed by atoms with van der Waals surface area (Å²) in [5.74, 6) is 1.03. The summed E-state index contributed by atoms with van der Waals surface area (Å²) in [6.45, 7) is 4.22. The average molecular weight is 337 g/mol. The number of furan rings is 1. The number of carbonyl (C=O) groups is 1. The average Bonchev–Trinajstić information content (AvgIpc) is 3.02. The van der Waals surface area contributed by atoms with Crippen LogP contribution in [-0.2, 0) is 11.2 Å². The molecule has 4 nitrogen and oxygen atoms in total. The molecule has 0 aliphatic rings. The van der Waals surface area contributed by atoms with E-state index in [1.165, 1.54) is 0 Å². The highest BCUT2D eigenvalue weighted by Crippen LogP contribution is 2.26. The van der Waals surface area contributed by atoms with Gasteiger partial charge in [-0.05, 0) is 23.6 Å². The van der Waals surface area contributed by atoms with Crippen LogP contribution in [0.4, 0.5) is 0 Å². The van der Waals surface area contributed by atoms with E-state index < -0.39 is 0 Å². The molecule has 3 rings (SSSR count). The van der Waals surface area contributed by atoms with Gasteiger partial charge in [0, 0.05) is 17.0 Å². The molecule has 0 unspecified atom stereocenters. The largest absolute Gasteiger partial charge is 0.497 e. The molecule has 0 aliphatic carbocycles. The van der Waals surface area contributed by atoms with Gasteiger partial charge in [0.05, 0.1) is 25.8 Å². The molecular weight excluding hydrogens is 314 g/mol. The van der Waals surface area contributed by atoms with E-state index in [4.69, 9.17) is 9.15 Å². The van der Waals surface area contributed by atoms with E-state index in [-0.39, 0.29) is 18.4 Å². The molecule has 2 aromatic carbocycles. The molecule has 1 atom stereocenters. The fourth-order valence-corrected chi connectivity index (χ4v) is 3.02. The van der Waals surface area contributed by atoms with Crippen LogP contribution in [0.3, 0.4) is 0 Å². The molecule has 0 saturated carbocycles. The van der Waals surface area contributed by atoms with Gasteiger partial charge >= 0.3 is 0 Å². The number of nitrogens with one attached hydrogen (secondary N) is 1. The maximum atomic E-state index is 12.6. The van der Waals surface area contributed by atoms with Crippen LogP contribution in [0.15, 0.2) is 59.2 Å². The van der Waals surface area contributed by atoms with E-state index >= 15 is 0 Å². The van der Waals surface area contributed by atoms with Gasteiger partial charge in [0.25, 0.3) is 0 Å². The first-order valence-corrected chi connectivity index (χ1v) is 8.47. The predicted molar refractivity (Wildman–Crippen MR) is 98.6 cm³/mol. The van der Waals surface area contributed by atoms with Crippen molar-refractivity contribution in [1.29, 1.82) is 0 Å². The second-order valence-corrected chi connectivity index (χ2v) is 6.50. The zero-order valence-electron chi connectivity index (χ0n) is 14.8. The molecule has 0 bridgehead atoms. The lowest BCUT2D eigenvalue weighted by Crippen LogP contribution is -2.32. The molecule has 25 heavy (non-hydrogen) atoms. The Morgan fingerprint density at radius 2 is 1.92 bits per heavy atom. The second-order valence-electron chi connectivity index (χ2n) is 6.50. The molecule has 130 valence electrons. The summed E-state index contributed by atoms with van der Waals surface area (Å²) >= 11 is 0. The number of benzene rings is 2. The number of hydrogen-bond donors (Lipinski definition) is 1. The fourth-order valence-electron chi connectivity index (χ4n) is 3.02. The number of ether oxygens (including phenoxy) is 1. The summed E-state index contributed by atoms with van der Waals surface area (Å²) in [4.78, 5) is 12.6. The van der Waals surface area contributed by atoms with Crippen LogP contribution in [-0.4, -0.2) is 13.0 Å². The van der Waals surface area contributed by atoms with Crippen molar-refractivity contribution in [2.24, 2.45) is 5.92 Å². The third-order valence-corrected chi connectivity index (χ3v) is 4.36. The number of methoxy groups -OCH3 is 1. The van der Waals surface area contributed by atoms with Gasteiger partial charge in [0.2, 0.25) is 5.91 Å². The Morgan fingerprint density at radius 1 is 1.16 bits per heavy atom. The van der Waals surface area contributed by atoms with E-state index in [9.17, 15) is 4.79 Å². The monoisotopic (exact) mass is 337 g/mol. The van der Waals surface area contributed by atoms with Gasteiger partial charge in [-0.2, -0.15) is 0 Å². The van der Waals surface area contributed by atoms with Gasteiger partial charge in [-0.1, -0.05) is 44.2 Å². The molecule has 1 heterocycles. The molecule has 1 N–H and O–H groups in total. The number of amides is 1. The van der Waals surface area contributed by atoms with E-state index in [0.717, 1.165) is 27.8 Å². The van der Waals surface area contributed by atoms with Crippen molar-refractivity contribution in [3.05, 3.63) is 65.9 Å². The molecule has 3 aromatic rings. The Morgan fingerprint density at radius 3 is 2.60 bits per heavy atom. The van der Waals surface area contributed by atoms with Crippen LogP contribution >= 0.6 is 0 Å². The Balaban J connectivity index is 1.75. The summed E-state index contributed by atoms with van der Waals surface area (Å²) in [5, 5.41) is 4.09. The van der Waals surface area contributed by atoms with Crippen LogP contribution < -0.4 is 10.1 Å². The predicted octanol–water partition coefficient (Wildman–Crippen LogP) is 4.50. The van der Waals surface area contributed by atoms with Crippen LogP contribution in [0.2, 0.25) is 0 Å². The third-order valence-electron chi connectivity index (χ3n) is 4.36. The highest BCUT2D eigenvalue weighted by Gasteiger charge is 2.19. The van der Waals surface area contributed by atoms with Gasteiger partial charge in [0.1, 0.15) is 11.3 Å². The molecule has 0 saturated heterocycles. The number of rotatable bonds is 6. The molecule has 1 aromatic heterocycles. The summed E-state index contributed by atoms with van der Waals surface area (Å²) in [5.41, 5.74) is 2.73. The molecule has 0 spiro atoms. The van der Waals surface area contributed by atoms with E-state index in [1.54, 1.807) is 13.4 Å². The maximum Gasteiger partial charge on any atom is 0.225 e. The molecule has 0 radical (unpaired) electrons. The molecular formula is C21H23NO3. The van der Waals surface area contributed by atoms with Crippen molar-refractivity contribution in [1.82, 2.24) is 5.32 Å². The molecule has 0 fully saturated rings. The van der Waals surface area contributed by atoms with Gasteiger partial charge < -0.3 is 14.5 Å². The van der Waals surface area contributed by atoms with E-state index in [0.29, 0.717) is 5.92 Å². The zero-order chi connectivity index (χ0) is 17.8. The summed E-state index contributed by atoms with van der Waals surface area (Å²) in [6.07, 6.45) is 1.94. The Hall–Kier alpha value is -2.75. The minimum absolute atomic E-state index is 0.00745. The van der Waals surface area contributed by atoms with Crippen molar-refractivity contribution in [2.45, 2.75) is 26.3 Å². The first kappa shape index (κ1) is 17.1. The van der Waals surface area contributed by atoms with Crippen LogP contribution in [0.1, 0.15) is 31.0 Å². The standard InChI is InChI=1S/C21H23NO3/c1-14(2)21(15-7-5-4-6-8-15)22-20(23)11-16-13-25-19-12-17(24-3)9-10-18(16)19/h4-10,12-14,21H,11H2,1-3H3,(H,22,23)/t21-/m1/s1. The first-order chi connectivity index (χ1) is 12.1. The first-order valence-electron chi connectivity index (χ1n) is 8.47. The van der Waals surface area contributed by atoms with Crippen LogP contribution in [0.25, 0.3) is 11.0 Å². The Kier molecular flexibility index (Phi) is 5.08. The number of carbonyl (C=O) groups excluding carboxylic acids is 1. The molecule has 1 amide bonds. The summed E-state index contributed by atoms with van der Waals surface area (Å²) in [6, 6.07) is 15.7. The van der Waals surface area contributed by atoms with Gasteiger partial charge in [-0.3, -0.25) is 4.79 Å². The maximum absolute atomic E-state index is 12.6. The second kappa shape index (κ2) is 7.43. The quantitative estimate of drug-likeness (QED) is 0.720. The van der Waals surface area contributed by atoms with Crippen molar-refractivity contribution >= 4 is 16.9 Å². The smallest absolute Gasteiger partial charge is 0.225 e. The minimum atomic E-state index is -0.0129. The van der Waals surface area contributed by atoms with Crippen molar-refractivity contribution < 1.29 is 13.9 Å². The normalized spacial score (nSPS) is 12.3. The Labute approximate surface area is 147 Å². The van der Waals surface area contributed by atoms with Crippen molar-refractivity contribution in [2.75, 3.05) is 7.11 Å². The highest BCUT2D eigenvalue weighted by atomic mass is 16.5. The topological polar surface area (TPSA) is 51.5 Å². The lowest BCUT2D eigenvalue weighted by atomic mass is 9.95. The summed E-state index contributed by atoms with van der Waals surface area (Å²) in [7, 11) is 1.62. The lowest BCUT2D eigenvalue weighted by Gasteiger charge is -2.23. The van der Waals surface area contributed by atoms with E-state index in [2.05, 4.69) is 19.2 Å². The Bertz CT molecular complexity index is 852. The zero-order valence-corrected chi connectivity index (χ0v) is 14.8. The summed E-state index contributed by atoms with van der Waals surface area (Å²) < 4.78 is 10.8. The van der Waals surface area contributed by atoms with Gasteiger partial charge in [-0.25, -0.2) is 0 Å². The van der Waals surface area contributed by atoms with E-state index in [1.807, 2.05) is 48.5 Å². The van der Waals surface area contributed by atoms with Crippen LogP contribution in [0, 0.1) is 5.92 Å². The SMILES string of the molecule is COc1ccc2c(CC(=O)N[C@@H](c3ccccc3)C(C)C)coc2c1. The molecule has 0 aliphatic heterocycles. The van der Waals surface area contributed by atoms with Crippen molar-refractivity contribution in [3.63, 3.8) is 0 Å². The van der Waals surface area contributed by atoms with Crippen LogP contribution in [0.5, 0.6) is 5.75 Å². The lowest BCUT2D eigenvalue weighted by molar-refractivity contribution is -0.121. The fraction of sp³-hybridized carbons (Fsp3) is 0.286. The third kappa shape index (κ3) is 3.85. The van der Waals surface area contributed by atoms with Gasteiger partial charge in [-0.15, -0.1) is 0 Å².